The van der Waals surface area contributed by atoms with Crippen molar-refractivity contribution in [2.75, 3.05) is 18.0 Å². The van der Waals surface area contributed by atoms with E-state index in [-0.39, 0.29) is 23.4 Å². The molecule has 0 bridgehead atoms. The molecule has 1 saturated heterocycles. The molecule has 2 N–H and O–H groups in total. The molecule has 0 unspecified atom stereocenters. The molecule has 3 rings (SSSR count). The number of aromatic nitrogens is 1. The Balaban J connectivity index is 1.89. The van der Waals surface area contributed by atoms with Gasteiger partial charge in [0.25, 0.3) is 0 Å². The Labute approximate surface area is 153 Å². The molecule has 1 aliphatic rings. The molecule has 1 amide bonds. The van der Waals surface area contributed by atoms with Gasteiger partial charge in [0, 0.05) is 0 Å². The number of alkyl halides is 3. The average Bonchev–Trinajstić information content (AvgIpc) is 2.64. The number of halogens is 3. The van der Waals surface area contributed by atoms with Crippen LogP contribution in [0.15, 0.2) is 42.6 Å². The highest BCUT2D eigenvalue weighted by Gasteiger charge is 2.31. The number of pyridine rings is 1. The summed E-state index contributed by atoms with van der Waals surface area (Å²) in [5, 5.41) is 12.6. The standard InChI is InChI=1S/C18H18F3N3O3/c19-18(20,21)12-1-3-13(4-2-12)24(16-6-5-14(25)11-23-16)17(26)27-15-7-9-22-10-8-15/h1-6,11,15,22,25H,7-10H2. The summed E-state index contributed by atoms with van der Waals surface area (Å²) in [6.45, 7) is 1.44. The van der Waals surface area contributed by atoms with E-state index in [1.165, 1.54) is 24.3 Å². The lowest BCUT2D eigenvalue weighted by molar-refractivity contribution is -0.137. The van der Waals surface area contributed by atoms with Crippen LogP contribution >= 0.6 is 0 Å². The third-order valence-corrected chi connectivity index (χ3v) is 4.15. The summed E-state index contributed by atoms with van der Waals surface area (Å²) < 4.78 is 43.9. The fourth-order valence-corrected chi connectivity index (χ4v) is 2.75. The van der Waals surface area contributed by atoms with Crippen molar-refractivity contribution in [1.29, 1.82) is 0 Å². The normalized spacial score (nSPS) is 15.4. The van der Waals surface area contributed by atoms with E-state index in [2.05, 4.69) is 10.3 Å². The second kappa shape index (κ2) is 7.83. The minimum absolute atomic E-state index is 0.0992. The number of carbonyl (C=O) groups is 1. The second-order valence-electron chi connectivity index (χ2n) is 6.09. The number of nitrogens with one attached hydrogen (secondary N) is 1. The molecule has 6 nitrogen and oxygen atoms in total. The number of hydrogen-bond donors (Lipinski definition) is 2. The number of piperidine rings is 1. The molecule has 0 radical (unpaired) electrons. The van der Waals surface area contributed by atoms with Crippen molar-refractivity contribution in [2.24, 2.45) is 0 Å². The summed E-state index contributed by atoms with van der Waals surface area (Å²) in [7, 11) is 0. The summed E-state index contributed by atoms with van der Waals surface area (Å²) in [6.07, 6.45) is -3.06. The highest BCUT2D eigenvalue weighted by molar-refractivity contribution is 5.95. The van der Waals surface area contributed by atoms with Crippen molar-refractivity contribution in [3.63, 3.8) is 0 Å². The number of carbonyl (C=O) groups excluding carboxylic acids is 1. The van der Waals surface area contributed by atoms with Gasteiger partial charge < -0.3 is 15.2 Å². The highest BCUT2D eigenvalue weighted by atomic mass is 19.4. The van der Waals surface area contributed by atoms with Crippen molar-refractivity contribution in [1.82, 2.24) is 10.3 Å². The Morgan fingerprint density at radius 1 is 1.15 bits per heavy atom. The van der Waals surface area contributed by atoms with Gasteiger partial charge in [0.15, 0.2) is 0 Å². The third-order valence-electron chi connectivity index (χ3n) is 4.15. The third kappa shape index (κ3) is 4.68. The lowest BCUT2D eigenvalue weighted by Gasteiger charge is -2.27. The lowest BCUT2D eigenvalue weighted by atomic mass is 10.1. The van der Waals surface area contributed by atoms with Gasteiger partial charge in [0.05, 0.1) is 17.4 Å². The van der Waals surface area contributed by atoms with Crippen LogP contribution < -0.4 is 10.2 Å². The molecule has 9 heteroatoms. The molecule has 1 aliphatic heterocycles. The monoisotopic (exact) mass is 381 g/mol. The van der Waals surface area contributed by atoms with Crippen LogP contribution in [0.3, 0.4) is 0 Å². The van der Waals surface area contributed by atoms with E-state index in [1.807, 2.05) is 0 Å². The molecule has 1 aromatic heterocycles. The predicted octanol–water partition coefficient (Wildman–Crippen LogP) is 3.83. The highest BCUT2D eigenvalue weighted by Crippen LogP contribution is 2.32. The van der Waals surface area contributed by atoms with E-state index in [9.17, 15) is 23.1 Å². The number of benzene rings is 1. The SMILES string of the molecule is O=C(OC1CCNCC1)N(c1ccc(C(F)(F)F)cc1)c1ccc(O)cn1. The molecular weight excluding hydrogens is 363 g/mol. The van der Waals surface area contributed by atoms with Gasteiger partial charge in [0.2, 0.25) is 0 Å². The fourth-order valence-electron chi connectivity index (χ4n) is 2.75. The molecule has 0 spiro atoms. The van der Waals surface area contributed by atoms with E-state index in [0.29, 0.717) is 12.8 Å². The Kier molecular flexibility index (Phi) is 5.50. The van der Waals surface area contributed by atoms with Gasteiger partial charge in [-0.1, -0.05) is 0 Å². The molecule has 27 heavy (non-hydrogen) atoms. The number of rotatable bonds is 3. The number of aromatic hydroxyl groups is 1. The van der Waals surface area contributed by atoms with Crippen molar-refractivity contribution < 1.29 is 27.8 Å². The Bertz CT molecular complexity index is 773. The van der Waals surface area contributed by atoms with Crippen LogP contribution in [0.5, 0.6) is 5.75 Å². The van der Waals surface area contributed by atoms with Crippen LogP contribution in [0.2, 0.25) is 0 Å². The first-order chi connectivity index (χ1) is 12.8. The molecule has 0 aliphatic carbocycles. The maximum atomic E-state index is 12.8. The predicted molar refractivity (Wildman–Crippen MR) is 91.9 cm³/mol. The molecule has 1 fully saturated rings. The van der Waals surface area contributed by atoms with E-state index in [0.717, 1.165) is 36.3 Å². The Morgan fingerprint density at radius 3 is 2.37 bits per heavy atom. The first-order valence-electron chi connectivity index (χ1n) is 8.38. The summed E-state index contributed by atoms with van der Waals surface area (Å²) >= 11 is 0. The lowest BCUT2D eigenvalue weighted by Crippen LogP contribution is -2.37. The van der Waals surface area contributed by atoms with Crippen molar-refractivity contribution >= 4 is 17.6 Å². The first-order valence-corrected chi connectivity index (χ1v) is 8.38. The zero-order valence-electron chi connectivity index (χ0n) is 14.2. The van der Waals surface area contributed by atoms with Crippen molar-refractivity contribution in [3.8, 4) is 5.75 Å². The Hall–Kier alpha value is -2.81. The average molecular weight is 381 g/mol. The number of anilines is 2. The topological polar surface area (TPSA) is 74.7 Å². The maximum Gasteiger partial charge on any atom is 0.420 e. The van der Waals surface area contributed by atoms with Gasteiger partial charge >= 0.3 is 12.3 Å². The van der Waals surface area contributed by atoms with E-state index >= 15 is 0 Å². The van der Waals surface area contributed by atoms with Gasteiger partial charge in [-0.2, -0.15) is 13.2 Å². The van der Waals surface area contributed by atoms with Crippen molar-refractivity contribution in [2.45, 2.75) is 25.1 Å². The second-order valence-corrected chi connectivity index (χ2v) is 6.09. The zero-order chi connectivity index (χ0) is 19.4. The van der Waals surface area contributed by atoms with Gasteiger partial charge in [-0.05, 0) is 62.3 Å². The van der Waals surface area contributed by atoms with Crippen LogP contribution in [0.25, 0.3) is 0 Å². The van der Waals surface area contributed by atoms with Gasteiger partial charge in [-0.15, -0.1) is 0 Å². The zero-order valence-corrected chi connectivity index (χ0v) is 14.2. The van der Waals surface area contributed by atoms with E-state index in [1.54, 1.807) is 0 Å². The molecule has 0 atom stereocenters. The fraction of sp³-hybridized carbons (Fsp3) is 0.333. The van der Waals surface area contributed by atoms with Crippen LogP contribution in [-0.2, 0) is 10.9 Å². The molecule has 2 aromatic rings. The van der Waals surface area contributed by atoms with Gasteiger partial charge in [-0.25, -0.2) is 14.7 Å². The number of nitrogens with zero attached hydrogens (tertiary/aromatic N) is 2. The molecule has 0 saturated carbocycles. The summed E-state index contributed by atoms with van der Waals surface area (Å²) in [6, 6.07) is 6.86. The smallest absolute Gasteiger partial charge is 0.420 e. The van der Waals surface area contributed by atoms with Crippen LogP contribution in [0.1, 0.15) is 18.4 Å². The Morgan fingerprint density at radius 2 is 1.81 bits per heavy atom. The molecule has 1 aromatic carbocycles. The maximum absolute atomic E-state index is 12.8. The van der Waals surface area contributed by atoms with E-state index in [4.69, 9.17) is 4.74 Å². The van der Waals surface area contributed by atoms with Crippen molar-refractivity contribution in [3.05, 3.63) is 48.2 Å². The van der Waals surface area contributed by atoms with Crippen LogP contribution in [0, 0.1) is 0 Å². The minimum atomic E-state index is -4.48. The van der Waals surface area contributed by atoms with Gasteiger partial charge in [0.1, 0.15) is 17.7 Å². The van der Waals surface area contributed by atoms with Crippen LogP contribution in [-0.4, -0.2) is 35.4 Å². The molecular formula is C18H18F3N3O3. The summed E-state index contributed by atoms with van der Waals surface area (Å²) in [5.74, 6) is 0.0318. The number of ether oxygens (including phenoxy) is 1. The summed E-state index contributed by atoms with van der Waals surface area (Å²) in [5.41, 5.74) is -0.642. The number of amides is 1. The quantitative estimate of drug-likeness (QED) is 0.845. The molecule has 144 valence electrons. The van der Waals surface area contributed by atoms with E-state index < -0.39 is 17.8 Å². The number of hydrogen-bond acceptors (Lipinski definition) is 5. The minimum Gasteiger partial charge on any atom is -0.506 e. The summed E-state index contributed by atoms with van der Waals surface area (Å²) in [4.78, 5) is 17.8. The van der Waals surface area contributed by atoms with Crippen LogP contribution in [0.4, 0.5) is 29.5 Å². The first kappa shape index (κ1) is 19.0. The molecule has 2 heterocycles. The van der Waals surface area contributed by atoms with Gasteiger partial charge in [-0.3, -0.25) is 0 Å². The largest absolute Gasteiger partial charge is 0.506 e.